The minimum Gasteiger partial charge on any atom is -0.331 e. The molecule has 0 bridgehead atoms. The van der Waals surface area contributed by atoms with Gasteiger partial charge in [-0.05, 0) is 39.0 Å². The zero-order chi connectivity index (χ0) is 13.4. The Balaban J connectivity index is 2.99. The predicted octanol–water partition coefficient (Wildman–Crippen LogP) is 2.64. The lowest BCUT2D eigenvalue weighted by Crippen LogP contribution is -2.49. The Morgan fingerprint density at radius 2 is 1.59 bits per heavy atom. The van der Waals surface area contributed by atoms with Crippen LogP contribution in [0.15, 0.2) is 0 Å². The number of nitrogens with zero attached hydrogens (tertiary/aromatic N) is 1. The highest BCUT2D eigenvalue weighted by Gasteiger charge is 2.41. The highest BCUT2D eigenvalue weighted by Crippen LogP contribution is 2.34. The van der Waals surface area contributed by atoms with Crippen LogP contribution < -0.4 is 0 Å². The normalized spacial score (nSPS) is 23.9. The number of carbonyl (C=O) groups is 2. The molecular weight excluding hydrogens is 214 g/mol. The number of amides is 1. The molecule has 17 heavy (non-hydrogen) atoms. The molecule has 0 aliphatic carbocycles. The quantitative estimate of drug-likeness (QED) is 0.609. The number of likely N-dealkylation sites (tertiary alicyclic amines) is 1. The highest BCUT2D eigenvalue weighted by atomic mass is 16.2. The lowest BCUT2D eigenvalue weighted by atomic mass is 9.76. The molecule has 3 heteroatoms. The summed E-state index contributed by atoms with van der Waals surface area (Å²) in [4.78, 5) is 26.2. The molecule has 3 nitrogen and oxygen atoms in total. The first-order chi connectivity index (χ1) is 7.55. The van der Waals surface area contributed by atoms with E-state index in [0.29, 0.717) is 6.54 Å². The Labute approximate surface area is 105 Å². The standard InChI is InChI=1S/C14H25NO2/c1-13(2,3)10-8-7-9-15(14(4,5)6)12(17)11(10)16/h10H,7-9H2,1-6H3. The van der Waals surface area contributed by atoms with Gasteiger partial charge in [-0.25, -0.2) is 0 Å². The van der Waals surface area contributed by atoms with E-state index in [1.807, 2.05) is 41.5 Å². The highest BCUT2D eigenvalue weighted by molar-refractivity contribution is 6.37. The number of carbonyl (C=O) groups excluding carboxylic acids is 2. The van der Waals surface area contributed by atoms with Gasteiger partial charge in [0.2, 0.25) is 5.78 Å². The molecule has 1 unspecified atom stereocenters. The first-order valence-electron chi connectivity index (χ1n) is 6.41. The van der Waals surface area contributed by atoms with E-state index in [1.165, 1.54) is 0 Å². The summed E-state index contributed by atoms with van der Waals surface area (Å²) in [6, 6.07) is 0. The van der Waals surface area contributed by atoms with Crippen molar-refractivity contribution >= 4 is 11.7 Å². The van der Waals surface area contributed by atoms with Crippen molar-refractivity contribution in [2.75, 3.05) is 6.54 Å². The van der Waals surface area contributed by atoms with Crippen molar-refractivity contribution < 1.29 is 9.59 Å². The summed E-state index contributed by atoms with van der Waals surface area (Å²) in [5.41, 5.74) is -0.389. The van der Waals surface area contributed by atoms with Crippen LogP contribution in [-0.2, 0) is 9.59 Å². The second-order valence-electron chi connectivity index (χ2n) is 7.05. The maximum atomic E-state index is 12.3. The van der Waals surface area contributed by atoms with Gasteiger partial charge in [0.1, 0.15) is 0 Å². The van der Waals surface area contributed by atoms with Gasteiger partial charge < -0.3 is 4.90 Å². The summed E-state index contributed by atoms with van der Waals surface area (Å²) in [6.07, 6.45) is 1.73. The summed E-state index contributed by atoms with van der Waals surface area (Å²) in [7, 11) is 0. The lowest BCUT2D eigenvalue weighted by Gasteiger charge is -2.34. The third-order valence-electron chi connectivity index (χ3n) is 3.50. The Kier molecular flexibility index (Phi) is 3.70. The molecule has 0 aromatic carbocycles. The Morgan fingerprint density at radius 3 is 2.00 bits per heavy atom. The fourth-order valence-electron chi connectivity index (χ4n) is 2.43. The fraction of sp³-hybridized carbons (Fsp3) is 0.857. The van der Waals surface area contributed by atoms with Gasteiger partial charge in [-0.2, -0.15) is 0 Å². The molecule has 1 heterocycles. The third kappa shape index (κ3) is 3.08. The average molecular weight is 239 g/mol. The molecule has 1 fully saturated rings. The zero-order valence-electron chi connectivity index (χ0n) is 12.0. The molecule has 0 N–H and O–H groups in total. The molecule has 98 valence electrons. The smallest absolute Gasteiger partial charge is 0.290 e. The molecule has 0 aromatic rings. The van der Waals surface area contributed by atoms with Crippen molar-refractivity contribution in [3.05, 3.63) is 0 Å². The van der Waals surface area contributed by atoms with Crippen LogP contribution in [0.25, 0.3) is 0 Å². The van der Waals surface area contributed by atoms with Crippen LogP contribution in [-0.4, -0.2) is 28.7 Å². The van der Waals surface area contributed by atoms with Crippen molar-refractivity contribution in [3.63, 3.8) is 0 Å². The number of Topliss-reactive ketones (excluding diaryl/α,β-unsaturated/α-hetero) is 1. The summed E-state index contributed by atoms with van der Waals surface area (Å²) in [5.74, 6) is -0.637. The molecule has 0 spiro atoms. The second kappa shape index (κ2) is 4.43. The molecule has 0 aromatic heterocycles. The van der Waals surface area contributed by atoms with Crippen LogP contribution in [0, 0.1) is 11.3 Å². The first kappa shape index (κ1) is 14.2. The predicted molar refractivity (Wildman–Crippen MR) is 68.7 cm³/mol. The monoisotopic (exact) mass is 239 g/mol. The van der Waals surface area contributed by atoms with Crippen molar-refractivity contribution in [1.29, 1.82) is 0 Å². The van der Waals surface area contributed by atoms with Crippen molar-refractivity contribution in [2.45, 2.75) is 59.9 Å². The molecule has 1 rings (SSSR count). The van der Waals surface area contributed by atoms with Gasteiger partial charge in [-0.15, -0.1) is 0 Å². The third-order valence-corrected chi connectivity index (χ3v) is 3.50. The number of ketones is 1. The van der Waals surface area contributed by atoms with Gasteiger partial charge in [0, 0.05) is 18.0 Å². The van der Waals surface area contributed by atoms with E-state index in [1.54, 1.807) is 4.90 Å². The lowest BCUT2D eigenvalue weighted by molar-refractivity contribution is -0.150. The van der Waals surface area contributed by atoms with E-state index >= 15 is 0 Å². The maximum absolute atomic E-state index is 12.3. The minimum atomic E-state index is -0.296. The average Bonchev–Trinajstić information content (AvgIpc) is 2.25. The van der Waals surface area contributed by atoms with Gasteiger partial charge in [0.05, 0.1) is 0 Å². The molecule has 1 saturated heterocycles. The van der Waals surface area contributed by atoms with Crippen LogP contribution in [0.4, 0.5) is 0 Å². The van der Waals surface area contributed by atoms with E-state index in [4.69, 9.17) is 0 Å². The summed E-state index contributed by atoms with van der Waals surface area (Å²) in [6.45, 7) is 12.8. The van der Waals surface area contributed by atoms with E-state index in [0.717, 1.165) is 12.8 Å². The maximum Gasteiger partial charge on any atom is 0.290 e. The van der Waals surface area contributed by atoms with Crippen LogP contribution in [0.5, 0.6) is 0 Å². The van der Waals surface area contributed by atoms with E-state index in [-0.39, 0.29) is 28.6 Å². The molecule has 1 aliphatic rings. The molecular formula is C14H25NO2. The van der Waals surface area contributed by atoms with Gasteiger partial charge in [-0.3, -0.25) is 9.59 Å². The summed E-state index contributed by atoms with van der Waals surface area (Å²) < 4.78 is 0. The summed E-state index contributed by atoms with van der Waals surface area (Å²) in [5, 5.41) is 0. The topological polar surface area (TPSA) is 37.4 Å². The number of rotatable bonds is 0. The van der Waals surface area contributed by atoms with Gasteiger partial charge in [-0.1, -0.05) is 20.8 Å². The second-order valence-corrected chi connectivity index (χ2v) is 7.05. The Hall–Kier alpha value is -0.860. The van der Waals surface area contributed by atoms with Crippen LogP contribution in [0.2, 0.25) is 0 Å². The SMILES string of the molecule is CC(C)(C)C1CCCN(C(C)(C)C)C(=O)C1=O. The van der Waals surface area contributed by atoms with Gasteiger partial charge in [0.25, 0.3) is 5.91 Å². The van der Waals surface area contributed by atoms with Crippen molar-refractivity contribution in [1.82, 2.24) is 4.90 Å². The molecule has 0 saturated carbocycles. The molecule has 0 radical (unpaired) electrons. The Morgan fingerprint density at radius 1 is 1.06 bits per heavy atom. The van der Waals surface area contributed by atoms with E-state index in [9.17, 15) is 9.59 Å². The summed E-state index contributed by atoms with van der Waals surface area (Å²) >= 11 is 0. The van der Waals surface area contributed by atoms with E-state index in [2.05, 4.69) is 0 Å². The zero-order valence-corrected chi connectivity index (χ0v) is 12.0. The van der Waals surface area contributed by atoms with Crippen molar-refractivity contribution in [3.8, 4) is 0 Å². The number of hydrogen-bond donors (Lipinski definition) is 0. The molecule has 1 amide bonds. The molecule has 1 aliphatic heterocycles. The van der Waals surface area contributed by atoms with Crippen LogP contribution in [0.1, 0.15) is 54.4 Å². The van der Waals surface area contributed by atoms with E-state index < -0.39 is 0 Å². The van der Waals surface area contributed by atoms with Gasteiger partial charge in [0.15, 0.2) is 0 Å². The van der Waals surface area contributed by atoms with Crippen molar-refractivity contribution in [2.24, 2.45) is 11.3 Å². The first-order valence-corrected chi connectivity index (χ1v) is 6.41. The Bertz CT molecular complexity index is 288. The minimum absolute atomic E-state index is 0.124. The largest absolute Gasteiger partial charge is 0.331 e. The fourth-order valence-corrected chi connectivity index (χ4v) is 2.43. The van der Waals surface area contributed by atoms with Gasteiger partial charge >= 0.3 is 0 Å². The van der Waals surface area contributed by atoms with Crippen LogP contribution >= 0.6 is 0 Å². The molecule has 1 atom stereocenters. The number of hydrogen-bond acceptors (Lipinski definition) is 2. The van der Waals surface area contributed by atoms with Crippen LogP contribution in [0.3, 0.4) is 0 Å².